The van der Waals surface area contributed by atoms with Crippen molar-refractivity contribution in [3.63, 3.8) is 0 Å². The molecular weight excluding hydrogens is 440 g/mol. The molecule has 7 nitrogen and oxygen atoms in total. The highest BCUT2D eigenvalue weighted by atomic mass is 32.2. The fraction of sp³-hybridized carbons (Fsp3) is 0.240. The number of nitrogens with zero attached hydrogens (tertiary/aromatic N) is 1. The average molecular weight is 469 g/mol. The Kier molecular flexibility index (Phi) is 7.95. The van der Waals surface area contributed by atoms with Gasteiger partial charge in [-0.05, 0) is 42.8 Å². The number of carbonyl (C=O) groups is 1. The van der Waals surface area contributed by atoms with E-state index < -0.39 is 15.9 Å². The van der Waals surface area contributed by atoms with Gasteiger partial charge in [0.1, 0.15) is 24.7 Å². The van der Waals surface area contributed by atoms with Crippen molar-refractivity contribution in [1.29, 1.82) is 0 Å². The first-order valence-corrected chi connectivity index (χ1v) is 12.3. The summed E-state index contributed by atoms with van der Waals surface area (Å²) in [6.07, 6.45) is 1.07. The number of methoxy groups -OCH3 is 1. The van der Waals surface area contributed by atoms with Gasteiger partial charge < -0.3 is 14.8 Å². The standard InChI is InChI=1S/C25H28N2O5S/c1-19(23-11-7-8-12-24(23)31-2)26-25(28)17-27(33(3,29)30)21-13-15-22(16-14-21)32-18-20-9-5-4-6-10-20/h4-16,19H,17-18H2,1-3H3,(H,26,28)/t19-/m1/s1. The number of anilines is 1. The minimum atomic E-state index is -3.69. The van der Waals surface area contributed by atoms with E-state index >= 15 is 0 Å². The monoisotopic (exact) mass is 468 g/mol. The van der Waals surface area contributed by atoms with Crippen molar-refractivity contribution in [2.45, 2.75) is 19.6 Å². The summed E-state index contributed by atoms with van der Waals surface area (Å²) in [5.41, 5.74) is 2.21. The van der Waals surface area contributed by atoms with Crippen LogP contribution < -0.4 is 19.1 Å². The fourth-order valence-corrected chi connectivity index (χ4v) is 4.23. The van der Waals surface area contributed by atoms with Crippen molar-refractivity contribution in [3.05, 3.63) is 90.0 Å². The highest BCUT2D eigenvalue weighted by molar-refractivity contribution is 7.92. The minimum Gasteiger partial charge on any atom is -0.496 e. The Morgan fingerprint density at radius 3 is 2.24 bits per heavy atom. The molecule has 33 heavy (non-hydrogen) atoms. The van der Waals surface area contributed by atoms with Crippen LogP contribution in [0.4, 0.5) is 5.69 Å². The molecule has 0 aliphatic rings. The molecule has 0 unspecified atom stereocenters. The zero-order valence-electron chi connectivity index (χ0n) is 18.9. The molecule has 1 atom stereocenters. The summed E-state index contributed by atoms with van der Waals surface area (Å²) in [7, 11) is -2.13. The van der Waals surface area contributed by atoms with Gasteiger partial charge in [0.2, 0.25) is 15.9 Å². The van der Waals surface area contributed by atoms with Gasteiger partial charge >= 0.3 is 0 Å². The van der Waals surface area contributed by atoms with Crippen molar-refractivity contribution in [2.24, 2.45) is 0 Å². The number of hydrogen-bond acceptors (Lipinski definition) is 5. The third kappa shape index (κ3) is 6.73. The van der Waals surface area contributed by atoms with Gasteiger partial charge in [-0.25, -0.2) is 8.42 Å². The third-order valence-corrected chi connectivity index (χ3v) is 6.18. The molecule has 0 bridgehead atoms. The van der Waals surface area contributed by atoms with E-state index in [1.165, 1.54) is 0 Å². The molecule has 0 saturated carbocycles. The molecule has 0 spiro atoms. The Morgan fingerprint density at radius 2 is 1.61 bits per heavy atom. The lowest BCUT2D eigenvalue weighted by atomic mass is 10.1. The summed E-state index contributed by atoms with van der Waals surface area (Å²) >= 11 is 0. The van der Waals surface area contributed by atoms with Crippen molar-refractivity contribution >= 4 is 21.6 Å². The predicted molar refractivity (Wildman–Crippen MR) is 129 cm³/mol. The zero-order chi connectivity index (χ0) is 23.8. The second-order valence-electron chi connectivity index (χ2n) is 7.57. The first kappa shape index (κ1) is 24.1. The lowest BCUT2D eigenvalue weighted by Crippen LogP contribution is -2.41. The minimum absolute atomic E-state index is 0.345. The molecule has 0 fully saturated rings. The number of sulfonamides is 1. The van der Waals surface area contributed by atoms with Gasteiger partial charge in [-0.2, -0.15) is 0 Å². The van der Waals surface area contributed by atoms with Gasteiger partial charge in [0.25, 0.3) is 0 Å². The average Bonchev–Trinajstić information content (AvgIpc) is 2.81. The van der Waals surface area contributed by atoms with Crippen LogP contribution in [0.1, 0.15) is 24.1 Å². The van der Waals surface area contributed by atoms with Gasteiger partial charge in [-0.1, -0.05) is 48.5 Å². The smallest absolute Gasteiger partial charge is 0.241 e. The molecule has 0 heterocycles. The number of ether oxygens (including phenoxy) is 2. The summed E-state index contributed by atoms with van der Waals surface area (Å²) in [6.45, 7) is 1.88. The van der Waals surface area contributed by atoms with E-state index in [0.29, 0.717) is 23.8 Å². The van der Waals surface area contributed by atoms with Crippen molar-refractivity contribution in [3.8, 4) is 11.5 Å². The molecule has 0 aliphatic carbocycles. The summed E-state index contributed by atoms with van der Waals surface area (Å²) in [6, 6.07) is 23.4. The first-order valence-electron chi connectivity index (χ1n) is 10.4. The number of para-hydroxylation sites is 1. The molecular formula is C25H28N2O5S. The predicted octanol–water partition coefficient (Wildman–Crippen LogP) is 3.92. The molecule has 1 amide bonds. The number of rotatable bonds is 10. The van der Waals surface area contributed by atoms with Crippen molar-refractivity contribution < 1.29 is 22.7 Å². The quantitative estimate of drug-likeness (QED) is 0.488. The van der Waals surface area contributed by atoms with Crippen LogP contribution in [0.3, 0.4) is 0 Å². The van der Waals surface area contributed by atoms with E-state index in [9.17, 15) is 13.2 Å². The van der Waals surface area contributed by atoms with Gasteiger partial charge in [-0.3, -0.25) is 9.10 Å². The number of nitrogens with one attached hydrogen (secondary N) is 1. The van der Waals surface area contributed by atoms with Crippen LogP contribution in [0.5, 0.6) is 11.5 Å². The maximum Gasteiger partial charge on any atom is 0.241 e. The summed E-state index contributed by atoms with van der Waals surface area (Å²) in [4.78, 5) is 12.7. The van der Waals surface area contributed by atoms with Gasteiger partial charge in [0, 0.05) is 5.56 Å². The second-order valence-corrected chi connectivity index (χ2v) is 9.48. The molecule has 174 valence electrons. The number of carbonyl (C=O) groups excluding carboxylic acids is 1. The Labute approximate surface area is 195 Å². The molecule has 3 aromatic rings. The highest BCUT2D eigenvalue weighted by Gasteiger charge is 2.22. The Bertz CT molecular complexity index is 1160. The first-order chi connectivity index (χ1) is 15.8. The lowest BCUT2D eigenvalue weighted by molar-refractivity contribution is -0.120. The van der Waals surface area contributed by atoms with Crippen LogP contribution in [0.15, 0.2) is 78.9 Å². The Hall–Kier alpha value is -3.52. The molecule has 0 aliphatic heterocycles. The van der Waals surface area contributed by atoms with Crippen molar-refractivity contribution in [1.82, 2.24) is 5.32 Å². The molecule has 3 aromatic carbocycles. The normalized spacial score (nSPS) is 12.0. The number of hydrogen-bond donors (Lipinski definition) is 1. The van der Waals surface area contributed by atoms with E-state index in [1.807, 2.05) is 61.5 Å². The molecule has 0 aromatic heterocycles. The van der Waals surface area contributed by atoms with E-state index in [2.05, 4.69) is 5.32 Å². The van der Waals surface area contributed by atoms with Gasteiger partial charge in [-0.15, -0.1) is 0 Å². The Balaban J connectivity index is 1.67. The SMILES string of the molecule is COc1ccccc1[C@@H](C)NC(=O)CN(c1ccc(OCc2ccccc2)cc1)S(C)(=O)=O. The van der Waals surface area contributed by atoms with E-state index in [1.54, 1.807) is 31.4 Å². The van der Waals surface area contributed by atoms with Gasteiger partial charge in [0.15, 0.2) is 0 Å². The van der Waals surface area contributed by atoms with Crippen LogP contribution in [-0.4, -0.2) is 34.2 Å². The largest absolute Gasteiger partial charge is 0.496 e. The zero-order valence-corrected chi connectivity index (χ0v) is 19.7. The maximum absolute atomic E-state index is 12.7. The second kappa shape index (κ2) is 10.9. The van der Waals surface area contributed by atoms with E-state index in [-0.39, 0.29) is 12.6 Å². The molecule has 1 N–H and O–H groups in total. The lowest BCUT2D eigenvalue weighted by Gasteiger charge is -2.24. The topological polar surface area (TPSA) is 84.9 Å². The summed E-state index contributed by atoms with van der Waals surface area (Å²) in [5.74, 6) is 0.824. The van der Waals surface area contributed by atoms with E-state index in [4.69, 9.17) is 9.47 Å². The third-order valence-electron chi connectivity index (χ3n) is 5.04. The van der Waals surface area contributed by atoms with Crippen LogP contribution in [0.2, 0.25) is 0 Å². The molecule has 3 rings (SSSR count). The molecule has 0 saturated heterocycles. The fourth-order valence-electron chi connectivity index (χ4n) is 3.37. The number of benzene rings is 3. The molecule has 0 radical (unpaired) electrons. The molecule has 8 heteroatoms. The van der Waals surface area contributed by atoms with Crippen LogP contribution in [0.25, 0.3) is 0 Å². The van der Waals surface area contributed by atoms with Crippen LogP contribution in [-0.2, 0) is 21.4 Å². The van der Waals surface area contributed by atoms with Crippen molar-refractivity contribution in [2.75, 3.05) is 24.2 Å². The van der Waals surface area contributed by atoms with E-state index in [0.717, 1.165) is 21.7 Å². The van der Waals surface area contributed by atoms with Gasteiger partial charge in [0.05, 0.1) is 25.1 Å². The van der Waals surface area contributed by atoms with Crippen LogP contribution in [0, 0.1) is 0 Å². The summed E-state index contributed by atoms with van der Waals surface area (Å²) in [5, 5.41) is 2.84. The van der Waals surface area contributed by atoms with Crippen LogP contribution >= 0.6 is 0 Å². The summed E-state index contributed by atoms with van der Waals surface area (Å²) < 4.78 is 37.0. The maximum atomic E-state index is 12.7. The Morgan fingerprint density at radius 1 is 0.970 bits per heavy atom. The number of amides is 1. The highest BCUT2D eigenvalue weighted by Crippen LogP contribution is 2.25.